The molecule has 0 aromatic heterocycles. The fourth-order valence-corrected chi connectivity index (χ4v) is 2.10. The molecule has 0 aromatic rings. The zero-order valence-corrected chi connectivity index (χ0v) is 8.34. The third-order valence-corrected chi connectivity index (χ3v) is 2.84. The van der Waals surface area contributed by atoms with Crippen LogP contribution in [0.2, 0.25) is 0 Å². The molecule has 1 saturated carbocycles. The molecule has 3 nitrogen and oxygen atoms in total. The van der Waals surface area contributed by atoms with E-state index < -0.39 is 5.24 Å². The quantitative estimate of drug-likeness (QED) is 0.508. The number of hydrogen-bond acceptors (Lipinski definition) is 3. The van der Waals surface area contributed by atoms with Gasteiger partial charge in [0.15, 0.2) is 0 Å². The predicted molar refractivity (Wildman–Crippen MR) is 48.3 cm³/mol. The van der Waals surface area contributed by atoms with Gasteiger partial charge in [-0.1, -0.05) is 12.8 Å². The Morgan fingerprint density at radius 1 is 1.23 bits per heavy atom. The number of hydrogen-bond donors (Lipinski definition) is 0. The molecule has 0 spiro atoms. The first-order chi connectivity index (χ1) is 6.16. The number of halogens is 1. The van der Waals surface area contributed by atoms with Crippen LogP contribution >= 0.6 is 11.6 Å². The van der Waals surface area contributed by atoms with Crippen molar-refractivity contribution in [2.24, 2.45) is 11.8 Å². The summed E-state index contributed by atoms with van der Waals surface area (Å²) in [6.07, 6.45) is 3.37. The topological polar surface area (TPSA) is 43.4 Å². The number of methoxy groups -OCH3 is 1. The lowest BCUT2D eigenvalue weighted by molar-refractivity contribution is -0.150. The highest BCUT2D eigenvalue weighted by Crippen LogP contribution is 2.32. The van der Waals surface area contributed by atoms with Gasteiger partial charge in [-0.3, -0.25) is 9.59 Å². The monoisotopic (exact) mass is 204 g/mol. The fraction of sp³-hybridized carbons (Fsp3) is 0.778. The van der Waals surface area contributed by atoms with E-state index in [9.17, 15) is 9.59 Å². The zero-order valence-electron chi connectivity index (χ0n) is 7.59. The summed E-state index contributed by atoms with van der Waals surface area (Å²) >= 11 is 5.41. The molecule has 0 aliphatic heterocycles. The van der Waals surface area contributed by atoms with E-state index in [4.69, 9.17) is 11.6 Å². The first kappa shape index (κ1) is 10.5. The summed E-state index contributed by atoms with van der Waals surface area (Å²) in [5.41, 5.74) is 0. The highest BCUT2D eigenvalue weighted by atomic mass is 35.5. The Kier molecular flexibility index (Phi) is 3.72. The van der Waals surface area contributed by atoms with E-state index >= 15 is 0 Å². The summed E-state index contributed by atoms with van der Waals surface area (Å²) in [6, 6.07) is 0. The van der Waals surface area contributed by atoms with Crippen molar-refractivity contribution in [3.63, 3.8) is 0 Å². The zero-order chi connectivity index (χ0) is 9.84. The Morgan fingerprint density at radius 2 is 1.77 bits per heavy atom. The average Bonchev–Trinajstić information content (AvgIpc) is 2.16. The molecular formula is C9H13ClO3. The third kappa shape index (κ3) is 2.44. The lowest BCUT2D eigenvalue weighted by atomic mass is 9.80. The van der Waals surface area contributed by atoms with Crippen LogP contribution in [0.5, 0.6) is 0 Å². The summed E-state index contributed by atoms with van der Waals surface area (Å²) in [5, 5.41) is -0.407. The van der Waals surface area contributed by atoms with Crippen LogP contribution in [0.1, 0.15) is 25.7 Å². The molecule has 1 aliphatic rings. The minimum Gasteiger partial charge on any atom is -0.469 e. The van der Waals surface area contributed by atoms with Gasteiger partial charge in [0, 0.05) is 5.92 Å². The van der Waals surface area contributed by atoms with Crippen LogP contribution in [0.25, 0.3) is 0 Å². The largest absolute Gasteiger partial charge is 0.469 e. The van der Waals surface area contributed by atoms with E-state index in [-0.39, 0.29) is 17.8 Å². The van der Waals surface area contributed by atoms with Crippen molar-refractivity contribution in [3.8, 4) is 0 Å². The summed E-state index contributed by atoms with van der Waals surface area (Å²) in [6.45, 7) is 0. The van der Waals surface area contributed by atoms with Crippen molar-refractivity contribution in [1.29, 1.82) is 0 Å². The lowest BCUT2D eigenvalue weighted by Crippen LogP contribution is -2.31. The van der Waals surface area contributed by atoms with Crippen LogP contribution in [0.15, 0.2) is 0 Å². The van der Waals surface area contributed by atoms with Gasteiger partial charge in [0.05, 0.1) is 13.0 Å². The molecule has 2 atom stereocenters. The van der Waals surface area contributed by atoms with Gasteiger partial charge in [0.2, 0.25) is 5.24 Å². The second-order valence-electron chi connectivity index (χ2n) is 3.32. The van der Waals surface area contributed by atoms with Gasteiger partial charge in [-0.15, -0.1) is 0 Å². The average molecular weight is 205 g/mol. The maximum Gasteiger partial charge on any atom is 0.309 e. The molecule has 0 radical (unpaired) electrons. The summed E-state index contributed by atoms with van der Waals surface area (Å²) in [5.74, 6) is -0.953. The molecule has 13 heavy (non-hydrogen) atoms. The Labute approximate surface area is 82.4 Å². The molecule has 0 heterocycles. The standard InChI is InChI=1S/C9H13ClO3/c1-13-9(12)7-5-3-2-4-6(7)8(10)11/h6-7H,2-5H2,1H3. The van der Waals surface area contributed by atoms with E-state index in [0.29, 0.717) is 6.42 Å². The highest BCUT2D eigenvalue weighted by molar-refractivity contribution is 6.64. The van der Waals surface area contributed by atoms with Crippen LogP contribution in [0.4, 0.5) is 0 Å². The highest BCUT2D eigenvalue weighted by Gasteiger charge is 2.35. The molecule has 0 bridgehead atoms. The molecule has 1 aliphatic carbocycles. The van der Waals surface area contributed by atoms with Crippen LogP contribution in [-0.4, -0.2) is 18.3 Å². The van der Waals surface area contributed by atoms with Crippen LogP contribution in [0, 0.1) is 11.8 Å². The lowest BCUT2D eigenvalue weighted by Gasteiger charge is -2.26. The Balaban J connectivity index is 2.67. The summed E-state index contributed by atoms with van der Waals surface area (Å²) < 4.78 is 4.62. The normalized spacial score (nSPS) is 28.2. The van der Waals surface area contributed by atoms with Crippen molar-refractivity contribution in [3.05, 3.63) is 0 Å². The number of carbonyl (C=O) groups is 2. The molecule has 2 unspecified atom stereocenters. The van der Waals surface area contributed by atoms with E-state index in [2.05, 4.69) is 4.74 Å². The van der Waals surface area contributed by atoms with Crippen molar-refractivity contribution in [1.82, 2.24) is 0 Å². The number of carbonyl (C=O) groups excluding carboxylic acids is 2. The SMILES string of the molecule is COC(=O)C1CCCCC1C(=O)Cl. The van der Waals surface area contributed by atoms with Gasteiger partial charge in [-0.2, -0.15) is 0 Å². The van der Waals surface area contributed by atoms with E-state index in [1.54, 1.807) is 0 Å². The van der Waals surface area contributed by atoms with Crippen LogP contribution < -0.4 is 0 Å². The van der Waals surface area contributed by atoms with E-state index in [0.717, 1.165) is 19.3 Å². The van der Waals surface area contributed by atoms with Gasteiger partial charge >= 0.3 is 5.97 Å². The molecular weight excluding hydrogens is 192 g/mol. The van der Waals surface area contributed by atoms with Crippen molar-refractivity contribution in [2.75, 3.05) is 7.11 Å². The van der Waals surface area contributed by atoms with Crippen molar-refractivity contribution < 1.29 is 14.3 Å². The Bertz CT molecular complexity index is 215. The Hall–Kier alpha value is -0.570. The number of esters is 1. The summed E-state index contributed by atoms with van der Waals surface area (Å²) in [7, 11) is 1.34. The second-order valence-corrected chi connectivity index (χ2v) is 3.70. The van der Waals surface area contributed by atoms with Gasteiger partial charge in [-0.25, -0.2) is 0 Å². The minimum absolute atomic E-state index is 0.307. The molecule has 0 aromatic carbocycles. The molecule has 74 valence electrons. The fourth-order valence-electron chi connectivity index (χ4n) is 1.84. The minimum atomic E-state index is -0.407. The van der Waals surface area contributed by atoms with Crippen LogP contribution in [-0.2, 0) is 14.3 Å². The van der Waals surface area contributed by atoms with E-state index in [1.807, 2.05) is 0 Å². The molecule has 0 amide bonds. The maximum absolute atomic E-state index is 11.2. The number of rotatable bonds is 2. The van der Waals surface area contributed by atoms with Crippen molar-refractivity contribution >= 4 is 22.8 Å². The van der Waals surface area contributed by atoms with Gasteiger partial charge in [0.1, 0.15) is 0 Å². The molecule has 1 fully saturated rings. The van der Waals surface area contributed by atoms with Crippen molar-refractivity contribution in [2.45, 2.75) is 25.7 Å². The molecule has 0 saturated heterocycles. The Morgan fingerprint density at radius 3 is 2.23 bits per heavy atom. The molecule has 0 N–H and O–H groups in total. The maximum atomic E-state index is 11.2. The van der Waals surface area contributed by atoms with Gasteiger partial charge in [-0.05, 0) is 24.4 Å². The third-order valence-electron chi connectivity index (χ3n) is 2.56. The first-order valence-electron chi connectivity index (χ1n) is 4.44. The van der Waals surface area contributed by atoms with Gasteiger partial charge < -0.3 is 4.74 Å². The number of ether oxygens (including phenoxy) is 1. The van der Waals surface area contributed by atoms with Crippen LogP contribution in [0.3, 0.4) is 0 Å². The van der Waals surface area contributed by atoms with E-state index in [1.165, 1.54) is 7.11 Å². The predicted octanol–water partition coefficient (Wildman–Crippen LogP) is 1.73. The molecule has 4 heteroatoms. The summed E-state index contributed by atoms with van der Waals surface area (Å²) in [4.78, 5) is 22.2. The smallest absolute Gasteiger partial charge is 0.309 e. The van der Waals surface area contributed by atoms with Gasteiger partial charge in [0.25, 0.3) is 0 Å². The first-order valence-corrected chi connectivity index (χ1v) is 4.81. The second kappa shape index (κ2) is 4.61. The molecule has 1 rings (SSSR count).